The third-order valence-electron chi connectivity index (χ3n) is 9.62. The summed E-state index contributed by atoms with van der Waals surface area (Å²) in [5.74, 6) is 0.556. The zero-order valence-electron chi connectivity index (χ0n) is 27.2. The number of aromatic nitrogens is 1. The average molecular weight is 612 g/mol. The molecule has 45 heavy (non-hydrogen) atoms. The Hall–Kier alpha value is -3.88. The van der Waals surface area contributed by atoms with Gasteiger partial charge >= 0.3 is 0 Å². The second kappa shape index (κ2) is 14.5. The van der Waals surface area contributed by atoms with Crippen molar-refractivity contribution in [2.45, 2.75) is 89.9 Å². The van der Waals surface area contributed by atoms with Crippen LogP contribution in [0.4, 0.5) is 5.69 Å². The number of nitrogen functional groups attached to an aromatic ring is 1. The number of pyridine rings is 1. The Balaban J connectivity index is 0.000000601. The van der Waals surface area contributed by atoms with Gasteiger partial charge in [0, 0.05) is 58.7 Å². The fourth-order valence-corrected chi connectivity index (χ4v) is 7.34. The van der Waals surface area contributed by atoms with Crippen molar-refractivity contribution in [1.82, 2.24) is 15.2 Å². The van der Waals surface area contributed by atoms with Crippen molar-refractivity contribution < 1.29 is 14.7 Å². The number of aliphatic hydroxyl groups excluding tert-OH is 1. The molecule has 7 rings (SSSR count). The topological polar surface area (TPSA) is 132 Å². The molecule has 4 fully saturated rings. The molecule has 0 bridgehead atoms. The van der Waals surface area contributed by atoms with Crippen LogP contribution in [-0.2, 0) is 17.8 Å². The van der Waals surface area contributed by atoms with Crippen LogP contribution < -0.4 is 11.1 Å². The predicted octanol–water partition coefficient (Wildman–Crippen LogP) is 5.80. The highest BCUT2D eigenvalue weighted by molar-refractivity contribution is 6.14. The first-order valence-corrected chi connectivity index (χ1v) is 16.0. The quantitative estimate of drug-likeness (QED) is 0.197. The van der Waals surface area contributed by atoms with Crippen molar-refractivity contribution in [3.63, 3.8) is 0 Å². The van der Waals surface area contributed by atoms with Crippen LogP contribution in [0.3, 0.4) is 0 Å². The lowest BCUT2D eigenvalue weighted by molar-refractivity contribution is -0.325. The van der Waals surface area contributed by atoms with Crippen molar-refractivity contribution in [2.75, 3.05) is 12.8 Å². The maximum absolute atomic E-state index is 12.8. The van der Waals surface area contributed by atoms with Crippen molar-refractivity contribution in [2.24, 2.45) is 11.3 Å². The molecule has 3 aromatic rings. The van der Waals surface area contributed by atoms with Crippen LogP contribution in [0, 0.1) is 16.7 Å². The normalized spacial score (nSPS) is 23.5. The minimum atomic E-state index is -0.214. The lowest BCUT2D eigenvalue weighted by atomic mass is 9.36. The Morgan fingerprint density at radius 3 is 2.24 bits per heavy atom. The van der Waals surface area contributed by atoms with E-state index in [-0.39, 0.29) is 11.4 Å². The van der Waals surface area contributed by atoms with E-state index in [0.29, 0.717) is 34.5 Å². The molecule has 1 saturated heterocycles. The van der Waals surface area contributed by atoms with E-state index in [4.69, 9.17) is 21.0 Å². The maximum atomic E-state index is 12.8. The Kier molecular flexibility index (Phi) is 10.9. The molecule has 1 spiro atoms. The van der Waals surface area contributed by atoms with Gasteiger partial charge in [0.05, 0.1) is 18.0 Å². The van der Waals surface area contributed by atoms with Gasteiger partial charge in [0.1, 0.15) is 6.79 Å². The molecular weight excluding hydrogens is 562 g/mol. The fourth-order valence-electron chi connectivity index (χ4n) is 7.34. The first-order valence-electron chi connectivity index (χ1n) is 16.0. The smallest absolute Gasteiger partial charge is 0.251 e. The van der Waals surface area contributed by atoms with Crippen LogP contribution in [0.1, 0.15) is 92.0 Å². The van der Waals surface area contributed by atoms with E-state index in [2.05, 4.69) is 48.1 Å². The minimum Gasteiger partial charge on any atom is -0.400 e. The van der Waals surface area contributed by atoms with Gasteiger partial charge < -0.3 is 21.0 Å². The number of nitrogens with zero attached hydrogens (tertiary/aromatic N) is 2. The first kappa shape index (κ1) is 34.0. The molecule has 3 aliphatic carbocycles. The summed E-state index contributed by atoms with van der Waals surface area (Å²) < 4.78 is 0. The van der Waals surface area contributed by atoms with E-state index in [9.17, 15) is 4.79 Å². The third-order valence-corrected chi connectivity index (χ3v) is 9.62. The molecule has 8 heteroatoms. The van der Waals surface area contributed by atoms with Crippen molar-refractivity contribution in [3.8, 4) is 0 Å². The van der Waals surface area contributed by atoms with Crippen LogP contribution in [0.15, 0.2) is 66.9 Å². The lowest BCUT2D eigenvalue weighted by Gasteiger charge is -2.82. The predicted molar refractivity (Wildman–Crippen MR) is 180 cm³/mol. The molecule has 1 aromatic heterocycles. The number of hydrogen-bond acceptors (Lipinski definition) is 7. The largest absolute Gasteiger partial charge is 0.400 e. The standard InChI is InChI=1S/C32H37N5O.C3H6.CH4O.CH2O/c1-31(2,3)37-27-13-14-32(27)23(18-28(32)37)16-20-7-9-21(10-8-20)29(34)25-17-22(11-12-26(25)33)30(38)36-19-24-6-4-5-15-35-24;1-2-3-1;2*1-2/h4-12,15,17,23,27-28,34H,13-14,16,18-19,33H2,1-3H3,(H,36,38);1-3H2;2H,1H3;1H2. The molecule has 240 valence electrons. The van der Waals surface area contributed by atoms with Crippen LogP contribution in [0.2, 0.25) is 0 Å². The maximum Gasteiger partial charge on any atom is 0.251 e. The molecule has 1 amide bonds. The van der Waals surface area contributed by atoms with Gasteiger partial charge in [-0.05, 0) is 88.3 Å². The number of anilines is 1. The number of hydrogen-bond donors (Lipinski definition) is 4. The van der Waals surface area contributed by atoms with Crippen molar-refractivity contribution in [1.29, 1.82) is 5.41 Å². The van der Waals surface area contributed by atoms with Gasteiger partial charge in [-0.15, -0.1) is 0 Å². The molecule has 3 saturated carbocycles. The second-order valence-electron chi connectivity index (χ2n) is 13.3. The summed E-state index contributed by atoms with van der Waals surface area (Å²) in [5.41, 5.74) is 11.9. The monoisotopic (exact) mass is 611 g/mol. The van der Waals surface area contributed by atoms with E-state index in [1.54, 1.807) is 24.4 Å². The zero-order valence-corrected chi connectivity index (χ0v) is 27.2. The summed E-state index contributed by atoms with van der Waals surface area (Å²) >= 11 is 0. The van der Waals surface area contributed by atoms with E-state index < -0.39 is 0 Å². The number of benzene rings is 2. The Labute approximate surface area is 268 Å². The van der Waals surface area contributed by atoms with Gasteiger partial charge in [-0.3, -0.25) is 20.1 Å². The summed E-state index contributed by atoms with van der Waals surface area (Å²) in [7, 11) is 1.00. The number of aliphatic hydroxyl groups is 1. The molecule has 0 radical (unpaired) electrons. The molecule has 1 aliphatic heterocycles. The van der Waals surface area contributed by atoms with Crippen molar-refractivity contribution in [3.05, 3.63) is 94.8 Å². The zero-order chi connectivity index (χ0) is 32.8. The average Bonchev–Trinajstić information content (AvgIpc) is 3.93. The van der Waals surface area contributed by atoms with Crippen LogP contribution in [0.25, 0.3) is 0 Å². The first-order chi connectivity index (χ1) is 21.7. The lowest BCUT2D eigenvalue weighted by Crippen LogP contribution is -2.87. The number of carbonyl (C=O) groups excluding carboxylic acids is 2. The summed E-state index contributed by atoms with van der Waals surface area (Å²) in [6, 6.07) is 20.7. The number of carbonyl (C=O) groups is 2. The van der Waals surface area contributed by atoms with Crippen LogP contribution >= 0.6 is 0 Å². The van der Waals surface area contributed by atoms with E-state index in [1.165, 1.54) is 44.1 Å². The van der Waals surface area contributed by atoms with Gasteiger partial charge in [0.25, 0.3) is 5.91 Å². The Morgan fingerprint density at radius 2 is 1.71 bits per heavy atom. The van der Waals surface area contributed by atoms with Crippen LogP contribution in [-0.4, -0.2) is 58.1 Å². The highest BCUT2D eigenvalue weighted by atomic mass is 16.2. The highest BCUT2D eigenvalue weighted by Gasteiger charge is 2.75. The molecule has 4 unspecified atom stereocenters. The third kappa shape index (κ3) is 7.02. The molecule has 2 heterocycles. The number of nitrogens with one attached hydrogen (secondary N) is 2. The number of nitrogens with two attached hydrogens (primary N) is 1. The highest BCUT2D eigenvalue weighted by Crippen LogP contribution is 2.72. The molecular formula is C37H49N5O3. The van der Waals surface area contributed by atoms with Crippen LogP contribution in [0.5, 0.6) is 0 Å². The van der Waals surface area contributed by atoms with Gasteiger partial charge in [-0.2, -0.15) is 0 Å². The molecule has 2 aromatic carbocycles. The van der Waals surface area contributed by atoms with Gasteiger partial charge in [-0.25, -0.2) is 0 Å². The second-order valence-corrected chi connectivity index (χ2v) is 13.3. The molecule has 5 N–H and O–H groups in total. The van der Waals surface area contributed by atoms with Gasteiger partial charge in [0.15, 0.2) is 0 Å². The van der Waals surface area contributed by atoms with E-state index in [1.807, 2.05) is 37.1 Å². The Morgan fingerprint density at radius 1 is 1.04 bits per heavy atom. The number of rotatable bonds is 7. The number of amides is 1. The number of piperidine rings is 2. The van der Waals surface area contributed by atoms with Gasteiger partial charge in [-0.1, -0.05) is 49.6 Å². The van der Waals surface area contributed by atoms with Gasteiger partial charge in [0.2, 0.25) is 0 Å². The Bertz CT molecular complexity index is 1440. The fraction of sp³-hybridized carbons (Fsp3) is 0.459. The summed E-state index contributed by atoms with van der Waals surface area (Å²) in [4.78, 5) is 27.8. The van der Waals surface area contributed by atoms with Crippen molar-refractivity contribution >= 4 is 24.1 Å². The molecule has 4 aliphatic rings. The summed E-state index contributed by atoms with van der Waals surface area (Å²) in [6.07, 6.45) is 11.4. The van der Waals surface area contributed by atoms with E-state index >= 15 is 0 Å². The number of likely N-dealkylation sites (tertiary alicyclic amines) is 1. The minimum absolute atomic E-state index is 0.214. The summed E-state index contributed by atoms with van der Waals surface area (Å²) in [5, 5.41) is 18.7. The summed E-state index contributed by atoms with van der Waals surface area (Å²) in [6.45, 7) is 9.41. The molecule has 4 atom stereocenters. The molecule has 8 nitrogen and oxygen atoms in total. The SMILES string of the molecule is C1CC1.C=O.CC(C)(C)N1C2CCC23C(Cc2ccc(C(=N)c4cc(C(=O)NCc5ccccn5)ccc4N)cc2)CC13.CO. The van der Waals surface area contributed by atoms with E-state index in [0.717, 1.165) is 42.8 Å².